The number of phenolic OH excluding ortho intramolecular Hbond substituents is 4. The molecule has 0 aliphatic heterocycles. The van der Waals surface area contributed by atoms with Crippen molar-refractivity contribution in [1.82, 2.24) is 0 Å². The van der Waals surface area contributed by atoms with E-state index in [1.807, 2.05) is 36.4 Å². The van der Waals surface area contributed by atoms with Crippen LogP contribution < -0.4 is 0 Å². The van der Waals surface area contributed by atoms with Crippen molar-refractivity contribution in [2.24, 2.45) is 20.0 Å². The molecule has 0 heterocycles. The van der Waals surface area contributed by atoms with Crippen molar-refractivity contribution >= 4 is 111 Å². The van der Waals surface area contributed by atoms with Crippen molar-refractivity contribution in [3.63, 3.8) is 0 Å². The summed E-state index contributed by atoms with van der Waals surface area (Å²) in [7, 11) is 0. The fourth-order valence-electron chi connectivity index (χ4n) is 4.90. The van der Waals surface area contributed by atoms with Gasteiger partial charge in [0, 0.05) is 65.0 Å². The number of halogens is 4. The Morgan fingerprint density at radius 3 is 0.885 bits per heavy atom. The largest absolute Gasteiger partial charge is 0.507 e. The average Bonchev–Trinajstić information content (AvgIpc) is 3.13. The third-order valence-corrected chi connectivity index (χ3v) is 9.59. The second-order valence-electron chi connectivity index (χ2n) is 11.3. The van der Waals surface area contributed by atoms with Gasteiger partial charge >= 0.3 is 0 Å². The van der Waals surface area contributed by atoms with Crippen LogP contribution >= 0.6 is 63.7 Å². The van der Waals surface area contributed by atoms with Crippen LogP contribution in [0.4, 0.5) is 22.7 Å². The van der Waals surface area contributed by atoms with E-state index >= 15 is 0 Å². The second-order valence-corrected chi connectivity index (χ2v) is 14.9. The van der Waals surface area contributed by atoms with Gasteiger partial charge in [-0.25, -0.2) is 0 Å². The molecule has 12 heteroatoms. The number of rotatable bonds is 9. The van der Waals surface area contributed by atoms with Gasteiger partial charge in [0.05, 0.1) is 22.7 Å². The van der Waals surface area contributed by atoms with E-state index in [9.17, 15) is 20.4 Å². The van der Waals surface area contributed by atoms with E-state index < -0.39 is 0 Å². The maximum Gasteiger partial charge on any atom is 0.124 e. The lowest BCUT2D eigenvalue weighted by Gasteiger charge is -2.09. The first-order valence-corrected chi connectivity index (χ1v) is 18.6. The van der Waals surface area contributed by atoms with Gasteiger partial charge in [0.15, 0.2) is 0 Å². The van der Waals surface area contributed by atoms with Crippen LogP contribution in [0.2, 0.25) is 0 Å². The van der Waals surface area contributed by atoms with E-state index in [-0.39, 0.29) is 23.0 Å². The Morgan fingerprint density at radius 2 is 0.596 bits per heavy atom. The van der Waals surface area contributed by atoms with E-state index in [0.29, 0.717) is 45.0 Å². The monoisotopic (exact) mass is 942 g/mol. The van der Waals surface area contributed by atoms with Crippen molar-refractivity contribution in [1.29, 1.82) is 0 Å². The maximum absolute atomic E-state index is 10.5. The predicted octanol–water partition coefficient (Wildman–Crippen LogP) is 12.2. The number of hydrogen-bond donors (Lipinski definition) is 4. The van der Waals surface area contributed by atoms with Crippen LogP contribution in [0.15, 0.2) is 147 Å². The standard InChI is InChI=1S/C40H26Br4N4O4/c41-29-3-9-37(49)25(13-29)19-45-33-7-1-23(17-35(33)47-21-27-15-31(43)5-11-39(27)51)24-2-8-34(46-20-26-14-30(42)4-10-38(26)50)36(18-24)48-22-28-16-32(44)6-12-40(28)52/h1-22,49-52H. The Balaban J connectivity index is 1.44. The lowest BCUT2D eigenvalue weighted by atomic mass is 10.0. The van der Waals surface area contributed by atoms with Gasteiger partial charge in [-0.15, -0.1) is 0 Å². The summed E-state index contributed by atoms with van der Waals surface area (Å²) in [5.41, 5.74) is 5.66. The highest BCUT2D eigenvalue weighted by molar-refractivity contribution is 9.11. The zero-order valence-corrected chi connectivity index (χ0v) is 33.1. The smallest absolute Gasteiger partial charge is 0.124 e. The molecule has 0 aliphatic rings. The highest BCUT2D eigenvalue weighted by Gasteiger charge is 2.10. The molecular weight excluding hydrogens is 920 g/mol. The summed E-state index contributed by atoms with van der Waals surface area (Å²) in [6.07, 6.45) is 6.24. The molecule has 0 amide bonds. The van der Waals surface area contributed by atoms with Crippen LogP contribution in [0.1, 0.15) is 22.3 Å². The lowest BCUT2D eigenvalue weighted by Crippen LogP contribution is -1.86. The third kappa shape index (κ3) is 9.31. The van der Waals surface area contributed by atoms with Crippen LogP contribution in [-0.2, 0) is 0 Å². The zero-order chi connectivity index (χ0) is 36.8. The minimum Gasteiger partial charge on any atom is -0.507 e. The van der Waals surface area contributed by atoms with Gasteiger partial charge in [-0.05, 0) is 108 Å². The summed E-state index contributed by atoms with van der Waals surface area (Å²) < 4.78 is 3.15. The summed E-state index contributed by atoms with van der Waals surface area (Å²) >= 11 is 13.8. The highest BCUT2D eigenvalue weighted by Crippen LogP contribution is 2.38. The lowest BCUT2D eigenvalue weighted by molar-refractivity contribution is 0.474. The minimum atomic E-state index is 0.0681. The van der Waals surface area contributed by atoms with Crippen molar-refractivity contribution in [2.75, 3.05) is 0 Å². The molecule has 8 nitrogen and oxygen atoms in total. The first-order valence-electron chi connectivity index (χ1n) is 15.4. The summed E-state index contributed by atoms with van der Waals surface area (Å²) in [6, 6.07) is 31.5. The Hall–Kier alpha value is -4.88. The fraction of sp³-hybridized carbons (Fsp3) is 0. The Morgan fingerprint density at radius 1 is 0.327 bits per heavy atom. The Bertz CT molecular complexity index is 2260. The fourth-order valence-corrected chi connectivity index (χ4v) is 6.42. The number of hydrogen-bond acceptors (Lipinski definition) is 8. The zero-order valence-electron chi connectivity index (χ0n) is 26.8. The molecule has 4 N–H and O–H groups in total. The highest BCUT2D eigenvalue weighted by atomic mass is 79.9. The van der Waals surface area contributed by atoms with Crippen LogP contribution in [0.5, 0.6) is 23.0 Å². The quantitative estimate of drug-likeness (QED) is 0.108. The molecule has 0 spiro atoms. The van der Waals surface area contributed by atoms with E-state index in [2.05, 4.69) is 73.7 Å². The van der Waals surface area contributed by atoms with Crippen molar-refractivity contribution in [3.8, 4) is 34.1 Å². The third-order valence-electron chi connectivity index (χ3n) is 7.61. The van der Waals surface area contributed by atoms with E-state index in [1.165, 1.54) is 0 Å². The number of benzene rings is 6. The number of aliphatic imine (C=N–C) groups is 4. The maximum atomic E-state index is 10.5. The molecule has 0 radical (unpaired) electrons. The Kier molecular flexibility index (Phi) is 11.8. The summed E-state index contributed by atoms with van der Waals surface area (Å²) in [6.45, 7) is 0. The van der Waals surface area contributed by atoms with Crippen LogP contribution in [0.3, 0.4) is 0 Å². The van der Waals surface area contributed by atoms with Crippen molar-refractivity contribution in [3.05, 3.63) is 149 Å². The number of aromatic hydroxyl groups is 4. The first-order chi connectivity index (χ1) is 25.0. The topological polar surface area (TPSA) is 130 Å². The molecule has 52 heavy (non-hydrogen) atoms. The molecule has 0 aromatic heterocycles. The number of phenols is 4. The normalized spacial score (nSPS) is 11.8. The molecule has 0 bridgehead atoms. The van der Waals surface area contributed by atoms with Crippen LogP contribution in [0, 0.1) is 0 Å². The minimum absolute atomic E-state index is 0.0681. The van der Waals surface area contributed by atoms with Gasteiger partial charge < -0.3 is 20.4 Å². The predicted molar refractivity (Wildman–Crippen MR) is 224 cm³/mol. The molecule has 6 rings (SSSR count). The first kappa shape index (κ1) is 36.9. The molecule has 258 valence electrons. The van der Waals surface area contributed by atoms with Gasteiger partial charge in [0.1, 0.15) is 23.0 Å². The molecule has 6 aromatic rings. The van der Waals surface area contributed by atoms with Crippen molar-refractivity contribution in [2.45, 2.75) is 0 Å². The molecule has 0 aliphatic carbocycles. The molecule has 0 saturated carbocycles. The van der Waals surface area contributed by atoms with Gasteiger partial charge in [-0.3, -0.25) is 20.0 Å². The van der Waals surface area contributed by atoms with Crippen LogP contribution in [0.25, 0.3) is 11.1 Å². The van der Waals surface area contributed by atoms with Gasteiger partial charge in [0.25, 0.3) is 0 Å². The molecule has 0 fully saturated rings. The van der Waals surface area contributed by atoms with E-state index in [1.54, 1.807) is 97.7 Å². The molecular formula is C40H26Br4N4O4. The molecule has 6 aromatic carbocycles. The van der Waals surface area contributed by atoms with Crippen molar-refractivity contribution < 1.29 is 20.4 Å². The van der Waals surface area contributed by atoms with Gasteiger partial charge in [0.2, 0.25) is 0 Å². The van der Waals surface area contributed by atoms with Gasteiger partial charge in [-0.2, -0.15) is 0 Å². The summed E-state index contributed by atoms with van der Waals surface area (Å²) in [4.78, 5) is 18.8. The molecule has 0 unspecified atom stereocenters. The SMILES string of the molecule is Oc1ccc(Br)cc1C=Nc1ccc(-c2ccc(N=Cc3cc(Br)ccc3O)c(N=Cc3cc(Br)ccc3O)c2)cc1N=Cc1cc(Br)ccc1O. The molecule has 0 atom stereocenters. The van der Waals surface area contributed by atoms with Gasteiger partial charge in [-0.1, -0.05) is 75.9 Å². The van der Waals surface area contributed by atoms with Crippen LogP contribution in [-0.4, -0.2) is 45.3 Å². The van der Waals surface area contributed by atoms with E-state index in [0.717, 1.165) is 29.0 Å². The second kappa shape index (κ2) is 16.6. The number of nitrogens with zero attached hydrogens (tertiary/aromatic N) is 4. The van der Waals surface area contributed by atoms with E-state index in [4.69, 9.17) is 9.98 Å². The average molecular weight is 946 g/mol. The summed E-state index contributed by atoms with van der Waals surface area (Å²) in [5, 5.41) is 41.7. The molecule has 0 saturated heterocycles. The Labute approximate surface area is 332 Å². The summed E-state index contributed by atoms with van der Waals surface area (Å²) in [5.74, 6) is 0.293.